The van der Waals surface area contributed by atoms with Crippen molar-refractivity contribution in [1.29, 1.82) is 0 Å². The minimum atomic E-state index is -4.30. The van der Waals surface area contributed by atoms with E-state index >= 15 is 0 Å². The smallest absolute Gasteiger partial charge is 0.269 e. The lowest BCUT2D eigenvalue weighted by Crippen LogP contribution is -2.49. The zero-order chi connectivity index (χ0) is 24.1. The standard InChI is InChI=1S/C23H30ClFN2O5S/c1-23(28,16-32-22-12-20(25)7-4-18(22)14-33(29,30)31)15-26-21-8-10-27(11-9-21)13-17-2-5-19(24)6-3-17/h2-7,12,21,26,28H,8-11,13-16H2,1H3,(H,29,30,31)/t23-/m0/s1. The van der Waals surface area contributed by atoms with Gasteiger partial charge in [-0.15, -0.1) is 0 Å². The summed E-state index contributed by atoms with van der Waals surface area (Å²) in [5, 5.41) is 14.8. The molecule has 1 fully saturated rings. The first-order valence-corrected chi connectivity index (χ1v) is 12.8. The number of benzene rings is 2. The summed E-state index contributed by atoms with van der Waals surface area (Å²) in [6.45, 7) is 4.42. The molecule has 0 aliphatic carbocycles. The van der Waals surface area contributed by atoms with Crippen molar-refractivity contribution in [2.75, 3.05) is 26.2 Å². The highest BCUT2D eigenvalue weighted by atomic mass is 35.5. The second kappa shape index (κ2) is 11.1. The van der Waals surface area contributed by atoms with Crippen molar-refractivity contribution in [3.8, 4) is 5.75 Å². The molecule has 0 radical (unpaired) electrons. The molecule has 33 heavy (non-hydrogen) atoms. The predicted octanol–water partition coefficient (Wildman–Crippen LogP) is 3.25. The van der Waals surface area contributed by atoms with Gasteiger partial charge in [-0.25, -0.2) is 4.39 Å². The summed E-state index contributed by atoms with van der Waals surface area (Å²) in [5.74, 6) is -1.33. The van der Waals surface area contributed by atoms with Crippen LogP contribution in [-0.4, -0.2) is 60.9 Å². The lowest BCUT2D eigenvalue weighted by Gasteiger charge is -2.34. The number of hydrogen-bond acceptors (Lipinski definition) is 6. The van der Waals surface area contributed by atoms with Gasteiger partial charge in [-0.1, -0.05) is 29.8 Å². The number of ether oxygens (including phenoxy) is 1. The molecule has 2 aromatic rings. The second-order valence-electron chi connectivity index (χ2n) is 8.82. The first kappa shape index (κ1) is 25.9. The van der Waals surface area contributed by atoms with Crippen LogP contribution >= 0.6 is 11.6 Å². The van der Waals surface area contributed by atoms with E-state index in [1.165, 1.54) is 11.6 Å². The molecule has 7 nitrogen and oxygen atoms in total. The summed E-state index contributed by atoms with van der Waals surface area (Å²) in [6, 6.07) is 11.5. The maximum Gasteiger partial charge on any atom is 0.269 e. The average Bonchev–Trinajstić information content (AvgIpc) is 2.74. The summed E-state index contributed by atoms with van der Waals surface area (Å²) in [5.41, 5.74) is 0.0783. The van der Waals surface area contributed by atoms with Crippen molar-refractivity contribution in [2.24, 2.45) is 0 Å². The fourth-order valence-corrected chi connectivity index (χ4v) is 4.53. The zero-order valence-corrected chi connectivity index (χ0v) is 20.1. The Balaban J connectivity index is 1.45. The van der Waals surface area contributed by atoms with Gasteiger partial charge in [0.05, 0.1) is 0 Å². The van der Waals surface area contributed by atoms with Gasteiger partial charge in [0.2, 0.25) is 0 Å². The Labute approximate surface area is 199 Å². The molecule has 0 amide bonds. The third-order valence-electron chi connectivity index (χ3n) is 5.58. The van der Waals surface area contributed by atoms with E-state index < -0.39 is 27.3 Å². The fourth-order valence-electron chi connectivity index (χ4n) is 3.77. The van der Waals surface area contributed by atoms with E-state index in [4.69, 9.17) is 20.9 Å². The largest absolute Gasteiger partial charge is 0.490 e. The molecule has 0 unspecified atom stereocenters. The molecule has 1 heterocycles. The van der Waals surface area contributed by atoms with Crippen molar-refractivity contribution in [3.05, 3.63) is 64.4 Å². The highest BCUT2D eigenvalue weighted by molar-refractivity contribution is 7.85. The third-order valence-corrected chi connectivity index (χ3v) is 6.51. The van der Waals surface area contributed by atoms with Crippen LogP contribution in [0.4, 0.5) is 4.39 Å². The molecule has 0 spiro atoms. The quantitative estimate of drug-likeness (QED) is 0.431. The van der Waals surface area contributed by atoms with Crippen molar-refractivity contribution >= 4 is 21.7 Å². The second-order valence-corrected chi connectivity index (χ2v) is 10.7. The van der Waals surface area contributed by atoms with Crippen LogP contribution in [0.2, 0.25) is 5.02 Å². The van der Waals surface area contributed by atoms with Crippen molar-refractivity contribution in [2.45, 2.75) is 43.7 Å². The molecule has 1 aliphatic rings. The first-order chi connectivity index (χ1) is 15.5. The molecule has 1 aliphatic heterocycles. The van der Waals surface area contributed by atoms with Gasteiger partial charge in [0.25, 0.3) is 10.1 Å². The predicted molar refractivity (Wildman–Crippen MR) is 126 cm³/mol. The molecule has 1 saturated heterocycles. The number of hydrogen-bond donors (Lipinski definition) is 3. The monoisotopic (exact) mass is 500 g/mol. The van der Waals surface area contributed by atoms with Gasteiger partial charge in [-0.05, 0) is 56.6 Å². The molecular formula is C23H30ClFN2O5S. The molecular weight excluding hydrogens is 471 g/mol. The lowest BCUT2D eigenvalue weighted by atomic mass is 10.0. The SMILES string of the molecule is C[C@](O)(CNC1CCN(Cc2ccc(Cl)cc2)CC1)COc1cc(F)ccc1CS(=O)(=O)O. The molecule has 1 atom stereocenters. The molecule has 3 rings (SSSR count). The number of nitrogens with one attached hydrogen (secondary N) is 1. The number of nitrogens with zero attached hydrogens (tertiary/aromatic N) is 1. The van der Waals surface area contributed by atoms with Gasteiger partial charge in [-0.2, -0.15) is 8.42 Å². The molecule has 2 aromatic carbocycles. The first-order valence-electron chi connectivity index (χ1n) is 10.8. The van der Waals surface area contributed by atoms with E-state index in [9.17, 15) is 17.9 Å². The Bertz CT molecular complexity index is 1030. The van der Waals surface area contributed by atoms with Crippen molar-refractivity contribution in [1.82, 2.24) is 10.2 Å². The third kappa shape index (κ3) is 8.84. The van der Waals surface area contributed by atoms with Gasteiger partial charge < -0.3 is 15.2 Å². The zero-order valence-electron chi connectivity index (χ0n) is 18.5. The number of rotatable bonds is 10. The average molecular weight is 501 g/mol. The Morgan fingerprint density at radius 3 is 2.52 bits per heavy atom. The number of halogens is 2. The molecule has 3 N–H and O–H groups in total. The Morgan fingerprint density at radius 1 is 1.21 bits per heavy atom. The Morgan fingerprint density at radius 2 is 1.88 bits per heavy atom. The van der Waals surface area contributed by atoms with Crippen LogP contribution in [0.15, 0.2) is 42.5 Å². The summed E-state index contributed by atoms with van der Waals surface area (Å²) in [7, 11) is -4.30. The van der Waals surface area contributed by atoms with Crippen LogP contribution in [-0.2, 0) is 22.4 Å². The van der Waals surface area contributed by atoms with Crippen LogP contribution in [0, 0.1) is 5.82 Å². The highest BCUT2D eigenvalue weighted by Crippen LogP contribution is 2.23. The van der Waals surface area contributed by atoms with E-state index in [1.54, 1.807) is 6.92 Å². The number of aliphatic hydroxyl groups is 1. The normalized spacial score (nSPS) is 17.6. The van der Waals surface area contributed by atoms with E-state index in [2.05, 4.69) is 10.2 Å². The van der Waals surface area contributed by atoms with Crippen LogP contribution < -0.4 is 10.1 Å². The summed E-state index contributed by atoms with van der Waals surface area (Å²) in [4.78, 5) is 2.38. The van der Waals surface area contributed by atoms with Gasteiger partial charge >= 0.3 is 0 Å². The van der Waals surface area contributed by atoms with Crippen LogP contribution in [0.1, 0.15) is 30.9 Å². The van der Waals surface area contributed by atoms with Gasteiger partial charge in [-0.3, -0.25) is 9.45 Å². The van der Waals surface area contributed by atoms with E-state index in [1.807, 2.05) is 24.3 Å². The maximum absolute atomic E-state index is 13.6. The van der Waals surface area contributed by atoms with Crippen molar-refractivity contribution < 1.29 is 27.2 Å². The van der Waals surface area contributed by atoms with Gasteiger partial charge in [0.15, 0.2) is 0 Å². The van der Waals surface area contributed by atoms with Gasteiger partial charge in [0.1, 0.15) is 29.5 Å². The molecule has 0 aromatic heterocycles. The number of likely N-dealkylation sites (tertiary alicyclic amines) is 1. The lowest BCUT2D eigenvalue weighted by molar-refractivity contribution is 0.00785. The minimum absolute atomic E-state index is 0.0246. The summed E-state index contributed by atoms with van der Waals surface area (Å²) >= 11 is 5.94. The highest BCUT2D eigenvalue weighted by Gasteiger charge is 2.26. The van der Waals surface area contributed by atoms with E-state index in [-0.39, 0.29) is 30.5 Å². The van der Waals surface area contributed by atoms with E-state index in [0.717, 1.165) is 49.6 Å². The van der Waals surface area contributed by atoms with Crippen LogP contribution in [0.3, 0.4) is 0 Å². The topological polar surface area (TPSA) is 99.1 Å². The molecule has 0 bridgehead atoms. The van der Waals surface area contributed by atoms with Crippen LogP contribution in [0.25, 0.3) is 0 Å². The maximum atomic E-state index is 13.6. The van der Waals surface area contributed by atoms with Crippen molar-refractivity contribution in [3.63, 3.8) is 0 Å². The van der Waals surface area contributed by atoms with E-state index in [0.29, 0.717) is 0 Å². The Kier molecular flexibility index (Phi) is 8.71. The molecule has 0 saturated carbocycles. The van der Waals surface area contributed by atoms with Crippen LogP contribution in [0.5, 0.6) is 5.75 Å². The Hall–Kier alpha value is -1.75. The number of piperidine rings is 1. The molecule has 182 valence electrons. The molecule has 10 heteroatoms. The van der Waals surface area contributed by atoms with Gasteiger partial charge in [0, 0.05) is 35.8 Å². The minimum Gasteiger partial charge on any atom is -0.490 e. The fraction of sp³-hybridized carbons (Fsp3) is 0.478. The summed E-state index contributed by atoms with van der Waals surface area (Å²) in [6.07, 6.45) is 1.87. The summed E-state index contributed by atoms with van der Waals surface area (Å²) < 4.78 is 50.6.